The Morgan fingerprint density at radius 3 is 2.98 bits per heavy atom. The summed E-state index contributed by atoms with van der Waals surface area (Å²) in [5, 5.41) is 9.99. The number of aliphatic imine (C=N–C) groups is 2. The summed E-state index contributed by atoms with van der Waals surface area (Å²) in [7, 11) is 0. The Bertz CT molecular complexity index is 1540. The lowest BCUT2D eigenvalue weighted by molar-refractivity contribution is -0.119. The van der Waals surface area contributed by atoms with Crippen LogP contribution in [0.5, 0.6) is 0 Å². The van der Waals surface area contributed by atoms with Crippen LogP contribution >= 0.6 is 25.8 Å². The van der Waals surface area contributed by atoms with Crippen LogP contribution in [0.4, 0.5) is 4.39 Å². The highest BCUT2D eigenvalue weighted by Crippen LogP contribution is 2.57. The molecule has 0 saturated carbocycles. The zero-order chi connectivity index (χ0) is 28.2. The first-order chi connectivity index (χ1) is 19.0. The zero-order valence-corrected chi connectivity index (χ0v) is 23.6. The number of nitrogens with one attached hydrogen (secondary N) is 2. The molecule has 40 heavy (non-hydrogen) atoms. The number of rotatable bonds is 1. The molecule has 6 rings (SSSR count). The fourth-order valence-electron chi connectivity index (χ4n) is 4.57. The predicted molar refractivity (Wildman–Crippen MR) is 143 cm³/mol. The largest absolute Gasteiger partial charge is 0.387 e. The molecule has 2 bridgehead atoms. The lowest BCUT2D eigenvalue weighted by atomic mass is 10.1. The number of nitrogens with zero attached hydrogens (tertiary/aromatic N) is 6. The molecule has 1 fully saturated rings. The molecule has 1 amide bonds. The number of amidine groups is 1. The summed E-state index contributed by atoms with van der Waals surface area (Å²) in [6.07, 6.45) is -2.14. The van der Waals surface area contributed by atoms with Crippen LogP contribution in [0.3, 0.4) is 0 Å². The molecule has 2 aromatic heterocycles. The SMILES string of the molecule is N=C1N=C2C(N=CN2[C@H]2O[C@@H]3COP(O)(=S)OCCn4c(nc5cnccc54)COP(=O)(S)O[C@@H]2[C@H]3F)C(=O)N1. The van der Waals surface area contributed by atoms with Gasteiger partial charge in [-0.05, 0) is 17.9 Å². The average Bonchev–Trinajstić information content (AvgIpc) is 3.55. The van der Waals surface area contributed by atoms with E-state index in [-0.39, 0.29) is 25.6 Å². The van der Waals surface area contributed by atoms with Gasteiger partial charge < -0.3 is 23.2 Å². The van der Waals surface area contributed by atoms with Crippen molar-refractivity contribution in [2.45, 2.75) is 43.8 Å². The van der Waals surface area contributed by atoms with Crippen molar-refractivity contribution in [3.05, 3.63) is 24.3 Å². The number of carbonyl (C=O) groups excluding carboxylic acids is 1. The molecule has 1 saturated heterocycles. The molecule has 4 aliphatic rings. The fourth-order valence-corrected chi connectivity index (χ4v) is 7.06. The van der Waals surface area contributed by atoms with Gasteiger partial charge in [0.05, 0.1) is 31.3 Å². The predicted octanol–water partition coefficient (Wildman–Crippen LogP) is 0.873. The number of hydrogen-bond donors (Lipinski definition) is 4. The summed E-state index contributed by atoms with van der Waals surface area (Å²) < 4.78 is 58.6. The maximum absolute atomic E-state index is 15.8. The minimum Gasteiger partial charge on any atom is -0.346 e. The number of amides is 1. The minimum atomic E-state index is -4.28. The lowest BCUT2D eigenvalue weighted by Gasteiger charge is -2.30. The maximum Gasteiger partial charge on any atom is 0.387 e. The standard InChI is InChI=1S/C19H21FN8O8P2S2/c20-13-11-6-33-37(30,39)32-4-3-27-10-1-2-22-5-9(10)24-12(27)7-34-38(31,40)36-15(13)18(35-11)28-8-23-14-16(28)25-19(21)26-17(14)29/h1-2,5,8,11,13-15,18H,3-4,6-7H2,(H,30,39)(H,31,40)(H2,21,26,29)/t11-,13+,14?,15-,18+,37?,38?/m1/s1. The van der Waals surface area contributed by atoms with Crippen LogP contribution in [-0.2, 0) is 57.1 Å². The molecule has 0 spiro atoms. The van der Waals surface area contributed by atoms with Crippen LogP contribution in [0, 0.1) is 5.41 Å². The number of guanidine groups is 1. The second-order valence-electron chi connectivity index (χ2n) is 8.85. The minimum absolute atomic E-state index is 0.0247. The van der Waals surface area contributed by atoms with Crippen LogP contribution < -0.4 is 5.32 Å². The van der Waals surface area contributed by atoms with Gasteiger partial charge >= 0.3 is 13.5 Å². The fraction of sp³-hybridized carbons (Fsp3) is 0.474. The van der Waals surface area contributed by atoms with Crippen molar-refractivity contribution in [1.82, 2.24) is 24.8 Å². The smallest absolute Gasteiger partial charge is 0.346 e. The van der Waals surface area contributed by atoms with Crippen molar-refractivity contribution < 1.29 is 41.5 Å². The molecular weight excluding hydrogens is 613 g/mol. The van der Waals surface area contributed by atoms with E-state index in [4.69, 9.17) is 40.0 Å². The monoisotopic (exact) mass is 634 g/mol. The lowest BCUT2D eigenvalue weighted by Crippen LogP contribution is -2.53. The highest BCUT2D eigenvalue weighted by atomic mass is 32.7. The van der Waals surface area contributed by atoms with Gasteiger partial charge in [0, 0.05) is 12.7 Å². The van der Waals surface area contributed by atoms with Gasteiger partial charge in [0.2, 0.25) is 5.96 Å². The van der Waals surface area contributed by atoms with Crippen molar-refractivity contribution in [3.8, 4) is 0 Å². The molecule has 0 aliphatic carbocycles. The Labute approximate surface area is 235 Å². The van der Waals surface area contributed by atoms with Gasteiger partial charge in [-0.25, -0.2) is 13.9 Å². The molecule has 3 N–H and O–H groups in total. The molecule has 0 aromatic carbocycles. The number of fused-ring (bicyclic) bond motifs is 6. The van der Waals surface area contributed by atoms with Crippen molar-refractivity contribution in [1.29, 1.82) is 5.41 Å². The van der Waals surface area contributed by atoms with E-state index in [1.807, 2.05) is 0 Å². The van der Waals surface area contributed by atoms with Crippen molar-refractivity contribution >= 4 is 72.6 Å². The van der Waals surface area contributed by atoms with Gasteiger partial charge in [0.25, 0.3) is 5.91 Å². The Hall–Kier alpha value is -2.18. The summed E-state index contributed by atoms with van der Waals surface area (Å²) in [4.78, 5) is 40.6. The summed E-state index contributed by atoms with van der Waals surface area (Å²) in [6.45, 7) is -8.96. The third-order valence-corrected chi connectivity index (χ3v) is 9.53. The Balaban J connectivity index is 1.33. The summed E-state index contributed by atoms with van der Waals surface area (Å²) in [6, 6.07) is 0.596. The van der Waals surface area contributed by atoms with Crippen LogP contribution in [0.15, 0.2) is 28.4 Å². The number of ether oxygens (including phenoxy) is 1. The van der Waals surface area contributed by atoms with Gasteiger partial charge in [-0.2, -0.15) is 4.99 Å². The Morgan fingerprint density at radius 1 is 1.32 bits per heavy atom. The highest BCUT2D eigenvalue weighted by Gasteiger charge is 2.54. The quantitative estimate of drug-likeness (QED) is 0.256. The van der Waals surface area contributed by atoms with E-state index < -0.39 is 62.6 Å². The van der Waals surface area contributed by atoms with E-state index in [9.17, 15) is 14.3 Å². The van der Waals surface area contributed by atoms with Crippen LogP contribution in [0.2, 0.25) is 0 Å². The molecule has 7 atom stereocenters. The van der Waals surface area contributed by atoms with Gasteiger partial charge in [-0.15, -0.1) is 0 Å². The third kappa shape index (κ3) is 5.38. The van der Waals surface area contributed by atoms with Crippen molar-refractivity contribution in [2.24, 2.45) is 9.98 Å². The maximum atomic E-state index is 15.8. The average molecular weight is 635 g/mol. The molecule has 16 nitrogen and oxygen atoms in total. The van der Waals surface area contributed by atoms with E-state index in [1.165, 1.54) is 17.4 Å². The highest BCUT2D eigenvalue weighted by molar-refractivity contribution is 8.44. The van der Waals surface area contributed by atoms with Gasteiger partial charge in [-0.1, -0.05) is 12.2 Å². The second-order valence-corrected chi connectivity index (χ2v) is 14.6. The summed E-state index contributed by atoms with van der Waals surface area (Å²) >= 11 is 9.15. The molecule has 21 heteroatoms. The molecule has 214 valence electrons. The number of imidazole rings is 1. The first-order valence-electron chi connectivity index (χ1n) is 11.7. The number of thiol groups is 1. The summed E-state index contributed by atoms with van der Waals surface area (Å²) in [5.74, 6) is -0.790. The molecule has 6 heterocycles. The third-order valence-electron chi connectivity index (χ3n) is 6.32. The number of pyridine rings is 1. The van der Waals surface area contributed by atoms with E-state index in [1.54, 1.807) is 16.8 Å². The van der Waals surface area contributed by atoms with Crippen LogP contribution in [0.25, 0.3) is 11.0 Å². The zero-order valence-electron chi connectivity index (χ0n) is 20.1. The summed E-state index contributed by atoms with van der Waals surface area (Å²) in [5.41, 5.74) is 1.17. The van der Waals surface area contributed by atoms with Gasteiger partial charge in [0.1, 0.15) is 30.2 Å². The number of hydrogen-bond acceptors (Lipinski definition) is 13. The Kier molecular flexibility index (Phi) is 7.40. The normalized spacial score (nSPS) is 36.9. The second kappa shape index (κ2) is 10.6. The van der Waals surface area contributed by atoms with E-state index in [2.05, 4.69) is 37.5 Å². The van der Waals surface area contributed by atoms with Gasteiger partial charge in [-0.3, -0.25) is 39.4 Å². The molecule has 2 aromatic rings. The van der Waals surface area contributed by atoms with Crippen molar-refractivity contribution in [2.75, 3.05) is 13.2 Å². The van der Waals surface area contributed by atoms with Crippen molar-refractivity contribution in [3.63, 3.8) is 0 Å². The van der Waals surface area contributed by atoms with E-state index in [0.29, 0.717) is 16.9 Å². The van der Waals surface area contributed by atoms with E-state index in [0.717, 1.165) is 0 Å². The molecule has 0 radical (unpaired) electrons. The number of halogens is 1. The molecule has 4 aliphatic heterocycles. The topological polar surface area (TPSA) is 195 Å². The first kappa shape index (κ1) is 28.0. The molecule has 3 unspecified atom stereocenters. The number of aromatic nitrogens is 3. The Morgan fingerprint density at radius 2 is 2.15 bits per heavy atom. The van der Waals surface area contributed by atoms with Crippen LogP contribution in [-0.4, -0.2) is 92.2 Å². The number of carbonyl (C=O) groups is 1. The van der Waals surface area contributed by atoms with Crippen LogP contribution in [0.1, 0.15) is 5.82 Å². The number of alkyl halides is 1. The molecular formula is C19H21FN8O8P2S2. The first-order valence-corrected chi connectivity index (χ1v) is 17.0. The van der Waals surface area contributed by atoms with E-state index >= 15 is 4.39 Å². The van der Waals surface area contributed by atoms with Gasteiger partial charge in [0.15, 0.2) is 24.3 Å².